The summed E-state index contributed by atoms with van der Waals surface area (Å²) < 4.78 is 10.9. The minimum absolute atomic E-state index is 0.0469. The molecule has 1 amide bonds. The van der Waals surface area contributed by atoms with Crippen molar-refractivity contribution in [3.05, 3.63) is 29.8 Å². The zero-order valence-electron chi connectivity index (χ0n) is 12.5. The molecule has 0 bridgehead atoms. The van der Waals surface area contributed by atoms with Gasteiger partial charge in [-0.2, -0.15) is 0 Å². The summed E-state index contributed by atoms with van der Waals surface area (Å²) in [6.45, 7) is 4.36. The molecule has 2 rings (SSSR count). The molecule has 1 N–H and O–H groups in total. The minimum atomic E-state index is 0.0469. The number of benzene rings is 1. The van der Waals surface area contributed by atoms with Crippen LogP contribution in [-0.2, 0) is 4.74 Å². The average Bonchev–Trinajstić information content (AvgIpc) is 2.54. The number of carbonyl (C=O) groups is 1. The number of aliphatic hydroxyl groups is 1. The lowest BCUT2D eigenvalue weighted by Crippen LogP contribution is -2.41. The van der Waals surface area contributed by atoms with Crippen molar-refractivity contribution >= 4 is 5.91 Å². The third kappa shape index (κ3) is 4.44. The van der Waals surface area contributed by atoms with Gasteiger partial charge in [0, 0.05) is 18.7 Å². The van der Waals surface area contributed by atoms with Gasteiger partial charge in [0.15, 0.2) is 0 Å². The molecule has 21 heavy (non-hydrogen) atoms. The third-order valence-electron chi connectivity index (χ3n) is 3.59. The standard InChI is InChI=1S/C16H23NO4/c1-2-20-14-5-3-13(4-6-14)16(19)17-9-7-15(8-10-17)21-12-11-18/h3-6,15,18H,2,7-12H2,1H3. The van der Waals surface area contributed by atoms with Gasteiger partial charge in [0.05, 0.1) is 25.9 Å². The molecule has 1 aliphatic rings. The van der Waals surface area contributed by atoms with Gasteiger partial charge in [-0.15, -0.1) is 0 Å². The van der Waals surface area contributed by atoms with Gasteiger partial charge >= 0.3 is 0 Å². The maximum Gasteiger partial charge on any atom is 0.253 e. The largest absolute Gasteiger partial charge is 0.494 e. The van der Waals surface area contributed by atoms with E-state index >= 15 is 0 Å². The van der Waals surface area contributed by atoms with Crippen LogP contribution in [0.3, 0.4) is 0 Å². The van der Waals surface area contributed by atoms with E-state index < -0.39 is 0 Å². The molecule has 0 spiro atoms. The molecular weight excluding hydrogens is 270 g/mol. The number of rotatable bonds is 6. The lowest BCUT2D eigenvalue weighted by atomic mass is 10.1. The highest BCUT2D eigenvalue weighted by Crippen LogP contribution is 2.18. The van der Waals surface area contributed by atoms with Crippen LogP contribution in [0.5, 0.6) is 5.75 Å². The quantitative estimate of drug-likeness (QED) is 0.867. The van der Waals surface area contributed by atoms with Gasteiger partial charge in [0.1, 0.15) is 5.75 Å². The monoisotopic (exact) mass is 293 g/mol. The number of hydrogen-bond donors (Lipinski definition) is 1. The summed E-state index contributed by atoms with van der Waals surface area (Å²) in [6, 6.07) is 7.27. The number of ether oxygens (including phenoxy) is 2. The number of hydrogen-bond acceptors (Lipinski definition) is 4. The Kier molecular flexibility index (Phi) is 6.02. The maximum atomic E-state index is 12.4. The van der Waals surface area contributed by atoms with Crippen LogP contribution in [0, 0.1) is 0 Å². The Bertz CT molecular complexity index is 438. The highest BCUT2D eigenvalue weighted by Gasteiger charge is 2.23. The molecule has 0 aromatic heterocycles. The Morgan fingerprint density at radius 2 is 1.95 bits per heavy atom. The zero-order chi connectivity index (χ0) is 15.1. The average molecular weight is 293 g/mol. The second-order valence-electron chi connectivity index (χ2n) is 5.04. The van der Waals surface area contributed by atoms with E-state index in [1.807, 2.05) is 36.1 Å². The van der Waals surface area contributed by atoms with Crippen molar-refractivity contribution in [1.29, 1.82) is 0 Å². The van der Waals surface area contributed by atoms with Crippen LogP contribution in [0.4, 0.5) is 0 Å². The topological polar surface area (TPSA) is 59.0 Å². The molecule has 1 aliphatic heterocycles. The Balaban J connectivity index is 1.86. The summed E-state index contributed by atoms with van der Waals surface area (Å²) in [6.07, 6.45) is 1.80. The molecule has 1 aromatic carbocycles. The summed E-state index contributed by atoms with van der Waals surface area (Å²) in [5, 5.41) is 8.75. The first-order valence-corrected chi connectivity index (χ1v) is 7.49. The Morgan fingerprint density at radius 3 is 2.52 bits per heavy atom. The van der Waals surface area contributed by atoms with Crippen molar-refractivity contribution in [2.24, 2.45) is 0 Å². The summed E-state index contributed by atoms with van der Waals surface area (Å²) in [5.41, 5.74) is 0.688. The second-order valence-corrected chi connectivity index (χ2v) is 5.04. The van der Waals surface area contributed by atoms with Crippen molar-refractivity contribution in [1.82, 2.24) is 4.90 Å². The van der Waals surface area contributed by atoms with Crippen molar-refractivity contribution in [3.63, 3.8) is 0 Å². The maximum absolute atomic E-state index is 12.4. The smallest absolute Gasteiger partial charge is 0.253 e. The summed E-state index contributed by atoms with van der Waals surface area (Å²) in [5.74, 6) is 0.837. The van der Waals surface area contributed by atoms with Crippen molar-refractivity contribution in [2.75, 3.05) is 32.9 Å². The van der Waals surface area contributed by atoms with E-state index in [1.165, 1.54) is 0 Å². The van der Waals surface area contributed by atoms with Gasteiger partial charge < -0.3 is 19.5 Å². The molecule has 0 saturated carbocycles. The molecule has 0 radical (unpaired) electrons. The summed E-state index contributed by atoms with van der Waals surface area (Å²) >= 11 is 0. The Labute approximate surface area is 125 Å². The van der Waals surface area contributed by atoms with Crippen LogP contribution in [0.25, 0.3) is 0 Å². The first-order valence-electron chi connectivity index (χ1n) is 7.49. The first-order chi connectivity index (χ1) is 10.2. The highest BCUT2D eigenvalue weighted by atomic mass is 16.5. The molecule has 1 fully saturated rings. The second kappa shape index (κ2) is 8.00. The molecule has 1 aromatic rings. The van der Waals surface area contributed by atoms with Gasteiger partial charge in [-0.1, -0.05) is 0 Å². The first kappa shape index (κ1) is 15.8. The van der Waals surface area contributed by atoms with Crippen LogP contribution >= 0.6 is 0 Å². The molecule has 5 heteroatoms. The molecule has 1 saturated heterocycles. The molecule has 1 heterocycles. The lowest BCUT2D eigenvalue weighted by molar-refractivity contribution is -0.00554. The van der Waals surface area contributed by atoms with Gasteiger partial charge in [0.2, 0.25) is 0 Å². The van der Waals surface area contributed by atoms with Gasteiger partial charge in [-0.05, 0) is 44.0 Å². The SMILES string of the molecule is CCOc1ccc(C(=O)N2CCC(OCCO)CC2)cc1. The third-order valence-corrected chi connectivity index (χ3v) is 3.59. The van der Waals surface area contributed by atoms with Crippen LogP contribution in [-0.4, -0.2) is 54.9 Å². The van der Waals surface area contributed by atoms with Gasteiger partial charge in [-0.3, -0.25) is 4.79 Å². The Morgan fingerprint density at radius 1 is 1.29 bits per heavy atom. The van der Waals surface area contributed by atoms with Crippen LogP contribution in [0.2, 0.25) is 0 Å². The fourth-order valence-corrected chi connectivity index (χ4v) is 2.49. The molecular formula is C16H23NO4. The Hall–Kier alpha value is -1.59. The van der Waals surface area contributed by atoms with E-state index in [9.17, 15) is 4.79 Å². The van der Waals surface area contributed by atoms with E-state index in [-0.39, 0.29) is 18.6 Å². The van der Waals surface area contributed by atoms with Crippen molar-refractivity contribution < 1.29 is 19.4 Å². The molecule has 0 unspecified atom stereocenters. The number of piperidine rings is 1. The number of aliphatic hydroxyl groups excluding tert-OH is 1. The normalized spacial score (nSPS) is 16.0. The highest BCUT2D eigenvalue weighted by molar-refractivity contribution is 5.94. The van der Waals surface area contributed by atoms with Crippen molar-refractivity contribution in [3.8, 4) is 5.75 Å². The van der Waals surface area contributed by atoms with E-state index in [4.69, 9.17) is 14.6 Å². The molecule has 116 valence electrons. The van der Waals surface area contributed by atoms with Crippen LogP contribution in [0.1, 0.15) is 30.1 Å². The van der Waals surface area contributed by atoms with E-state index in [0.29, 0.717) is 31.9 Å². The van der Waals surface area contributed by atoms with Crippen LogP contribution in [0.15, 0.2) is 24.3 Å². The number of likely N-dealkylation sites (tertiary alicyclic amines) is 1. The minimum Gasteiger partial charge on any atom is -0.494 e. The fourth-order valence-electron chi connectivity index (χ4n) is 2.49. The van der Waals surface area contributed by atoms with E-state index in [1.54, 1.807) is 0 Å². The zero-order valence-corrected chi connectivity index (χ0v) is 12.5. The number of nitrogens with zero attached hydrogens (tertiary/aromatic N) is 1. The van der Waals surface area contributed by atoms with E-state index in [2.05, 4.69) is 0 Å². The lowest BCUT2D eigenvalue weighted by Gasteiger charge is -2.32. The van der Waals surface area contributed by atoms with Gasteiger partial charge in [-0.25, -0.2) is 0 Å². The van der Waals surface area contributed by atoms with Gasteiger partial charge in [0.25, 0.3) is 5.91 Å². The van der Waals surface area contributed by atoms with Crippen molar-refractivity contribution in [2.45, 2.75) is 25.9 Å². The predicted octanol–water partition coefficient (Wildman–Crippen LogP) is 1.70. The van der Waals surface area contributed by atoms with E-state index in [0.717, 1.165) is 18.6 Å². The van der Waals surface area contributed by atoms with Crippen LogP contribution < -0.4 is 4.74 Å². The fraction of sp³-hybridized carbons (Fsp3) is 0.562. The molecule has 0 atom stereocenters. The number of amides is 1. The number of carbonyl (C=O) groups excluding carboxylic acids is 1. The summed E-state index contributed by atoms with van der Waals surface area (Å²) in [7, 11) is 0. The predicted molar refractivity (Wildman–Crippen MR) is 79.6 cm³/mol. The summed E-state index contributed by atoms with van der Waals surface area (Å²) in [4.78, 5) is 14.2. The molecule has 0 aliphatic carbocycles. The molecule has 5 nitrogen and oxygen atoms in total.